The van der Waals surface area contributed by atoms with Crippen molar-refractivity contribution in [3.05, 3.63) is 23.4 Å². The molecule has 0 unspecified atom stereocenters. The van der Waals surface area contributed by atoms with Crippen LogP contribution in [0, 0.1) is 0 Å². The van der Waals surface area contributed by atoms with Gasteiger partial charge in [0.2, 0.25) is 0 Å². The van der Waals surface area contributed by atoms with E-state index in [4.69, 9.17) is 4.74 Å². The summed E-state index contributed by atoms with van der Waals surface area (Å²) in [4.78, 5) is 22.7. The number of esters is 2. The van der Waals surface area contributed by atoms with E-state index in [1.54, 1.807) is 6.92 Å². The second-order valence-electron chi connectivity index (χ2n) is 3.50. The van der Waals surface area contributed by atoms with Gasteiger partial charge in [-0.15, -0.1) is 0 Å². The molecule has 1 N–H and O–H groups in total. The van der Waals surface area contributed by atoms with Crippen LogP contribution in [0.1, 0.15) is 19.8 Å². The van der Waals surface area contributed by atoms with Crippen LogP contribution in [0.15, 0.2) is 23.4 Å². The molecule has 5 heteroatoms. The molecule has 0 aromatic heterocycles. The van der Waals surface area contributed by atoms with Gasteiger partial charge in [0.1, 0.15) is 0 Å². The Morgan fingerprint density at radius 2 is 2.18 bits per heavy atom. The third-order valence-electron chi connectivity index (χ3n) is 2.35. The first kappa shape index (κ1) is 13.3. The minimum absolute atomic E-state index is 0.311. The van der Waals surface area contributed by atoms with Crippen molar-refractivity contribution in [2.75, 3.05) is 20.3 Å². The van der Waals surface area contributed by atoms with E-state index in [2.05, 4.69) is 10.1 Å². The molecule has 17 heavy (non-hydrogen) atoms. The van der Waals surface area contributed by atoms with Crippen molar-refractivity contribution >= 4 is 11.9 Å². The summed E-state index contributed by atoms with van der Waals surface area (Å²) in [5.41, 5.74) is 1.20. The van der Waals surface area contributed by atoms with Crippen molar-refractivity contribution in [3.63, 3.8) is 0 Å². The first-order valence-corrected chi connectivity index (χ1v) is 5.59. The van der Waals surface area contributed by atoms with Gasteiger partial charge >= 0.3 is 11.9 Å². The summed E-state index contributed by atoms with van der Waals surface area (Å²) in [6.07, 6.45) is 4.45. The zero-order chi connectivity index (χ0) is 12.7. The van der Waals surface area contributed by atoms with Gasteiger partial charge in [-0.25, -0.2) is 9.59 Å². The number of nitrogens with one attached hydrogen (secondary N) is 1. The van der Waals surface area contributed by atoms with Crippen molar-refractivity contribution in [1.29, 1.82) is 0 Å². The molecule has 5 nitrogen and oxygen atoms in total. The van der Waals surface area contributed by atoms with Crippen molar-refractivity contribution in [3.8, 4) is 0 Å². The summed E-state index contributed by atoms with van der Waals surface area (Å²) in [5.74, 6) is -0.914. The van der Waals surface area contributed by atoms with Gasteiger partial charge in [0.05, 0.1) is 19.3 Å². The maximum Gasteiger partial charge on any atom is 0.339 e. The molecule has 0 amide bonds. The number of rotatable bonds is 4. The number of hydrogen-bond acceptors (Lipinski definition) is 5. The number of carbonyl (C=O) groups excluding carboxylic acids is 2. The van der Waals surface area contributed by atoms with E-state index in [1.165, 1.54) is 19.3 Å². The minimum Gasteiger partial charge on any atom is -0.465 e. The Bertz CT molecular complexity index is 350. The fraction of sp³-hybridized carbons (Fsp3) is 0.500. The summed E-state index contributed by atoms with van der Waals surface area (Å²) < 4.78 is 9.42. The Kier molecular flexibility index (Phi) is 5.26. The Hall–Kier alpha value is -1.78. The molecule has 0 atom stereocenters. The van der Waals surface area contributed by atoms with Gasteiger partial charge in [0.15, 0.2) is 0 Å². The lowest BCUT2D eigenvalue weighted by molar-refractivity contribution is -0.137. The third kappa shape index (κ3) is 3.94. The molecular weight excluding hydrogens is 222 g/mol. The molecule has 1 aliphatic rings. The van der Waals surface area contributed by atoms with E-state index in [0.29, 0.717) is 12.2 Å². The van der Waals surface area contributed by atoms with Crippen molar-refractivity contribution in [1.82, 2.24) is 5.32 Å². The van der Waals surface area contributed by atoms with Crippen LogP contribution < -0.4 is 5.32 Å². The molecule has 0 aromatic carbocycles. The topological polar surface area (TPSA) is 64.6 Å². The highest BCUT2D eigenvalue weighted by atomic mass is 16.5. The molecule has 1 heterocycles. The van der Waals surface area contributed by atoms with Gasteiger partial charge in [0, 0.05) is 18.3 Å². The number of allylic oxidation sites excluding steroid dienone is 1. The molecule has 0 saturated carbocycles. The van der Waals surface area contributed by atoms with Gasteiger partial charge in [0.25, 0.3) is 0 Å². The second kappa shape index (κ2) is 6.73. The van der Waals surface area contributed by atoms with E-state index in [1.807, 2.05) is 0 Å². The number of hydrogen-bond donors (Lipinski definition) is 1. The first-order chi connectivity index (χ1) is 8.19. The van der Waals surface area contributed by atoms with Gasteiger partial charge in [-0.2, -0.15) is 0 Å². The minimum atomic E-state index is -0.465. The average molecular weight is 239 g/mol. The SMILES string of the molecule is CCOC(=O)/C=C\C(C(=O)OC)=C1/CCCN1. The van der Waals surface area contributed by atoms with Crippen LogP contribution in [0.3, 0.4) is 0 Å². The summed E-state index contributed by atoms with van der Waals surface area (Å²) in [6, 6.07) is 0. The van der Waals surface area contributed by atoms with E-state index >= 15 is 0 Å². The maximum absolute atomic E-state index is 11.5. The highest BCUT2D eigenvalue weighted by Gasteiger charge is 2.16. The zero-order valence-corrected chi connectivity index (χ0v) is 10.1. The fourth-order valence-electron chi connectivity index (χ4n) is 1.57. The van der Waals surface area contributed by atoms with Gasteiger partial charge in [-0.3, -0.25) is 0 Å². The molecule has 0 spiro atoms. The Morgan fingerprint density at radius 3 is 2.71 bits per heavy atom. The van der Waals surface area contributed by atoms with Crippen LogP contribution in [0.4, 0.5) is 0 Å². The summed E-state index contributed by atoms with van der Waals surface area (Å²) in [6.45, 7) is 2.87. The molecule has 1 aliphatic heterocycles. The molecule has 94 valence electrons. The molecule has 0 bridgehead atoms. The maximum atomic E-state index is 11.5. The molecule has 1 fully saturated rings. The zero-order valence-electron chi connectivity index (χ0n) is 10.1. The van der Waals surface area contributed by atoms with Crippen LogP contribution >= 0.6 is 0 Å². The molecule has 1 rings (SSSR count). The highest BCUT2D eigenvalue weighted by Crippen LogP contribution is 2.16. The number of ether oxygens (including phenoxy) is 2. The molecule has 0 radical (unpaired) electrons. The van der Waals surface area contributed by atoms with E-state index < -0.39 is 11.9 Å². The smallest absolute Gasteiger partial charge is 0.339 e. The normalized spacial score (nSPS) is 17.8. The molecule has 0 aliphatic carbocycles. The first-order valence-electron chi connectivity index (χ1n) is 5.59. The number of methoxy groups -OCH3 is 1. The van der Waals surface area contributed by atoms with Crippen LogP contribution in [0.25, 0.3) is 0 Å². The molecular formula is C12H17NO4. The molecule has 0 aromatic rings. The third-order valence-corrected chi connectivity index (χ3v) is 2.35. The predicted octanol–water partition coefficient (Wildman–Crippen LogP) is 0.916. The quantitative estimate of drug-likeness (QED) is 0.583. The number of carbonyl (C=O) groups is 2. The highest BCUT2D eigenvalue weighted by molar-refractivity contribution is 5.94. The Balaban J connectivity index is 2.81. The lowest BCUT2D eigenvalue weighted by atomic mass is 10.1. The van der Waals surface area contributed by atoms with Crippen LogP contribution in [0.5, 0.6) is 0 Å². The van der Waals surface area contributed by atoms with Gasteiger partial charge in [-0.05, 0) is 25.8 Å². The van der Waals surface area contributed by atoms with Crippen molar-refractivity contribution in [2.45, 2.75) is 19.8 Å². The Morgan fingerprint density at radius 1 is 1.41 bits per heavy atom. The van der Waals surface area contributed by atoms with Gasteiger partial charge < -0.3 is 14.8 Å². The van der Waals surface area contributed by atoms with Crippen molar-refractivity contribution < 1.29 is 19.1 Å². The van der Waals surface area contributed by atoms with E-state index in [0.717, 1.165) is 25.1 Å². The summed E-state index contributed by atoms with van der Waals surface area (Å²) in [7, 11) is 1.32. The van der Waals surface area contributed by atoms with Crippen LogP contribution in [0.2, 0.25) is 0 Å². The Labute approximate surface area is 100 Å². The summed E-state index contributed by atoms with van der Waals surface area (Å²) in [5, 5.41) is 3.10. The van der Waals surface area contributed by atoms with Gasteiger partial charge in [-0.1, -0.05) is 0 Å². The van der Waals surface area contributed by atoms with Crippen LogP contribution in [-0.4, -0.2) is 32.2 Å². The van der Waals surface area contributed by atoms with Crippen LogP contribution in [-0.2, 0) is 19.1 Å². The van der Waals surface area contributed by atoms with Crippen molar-refractivity contribution in [2.24, 2.45) is 0 Å². The monoisotopic (exact) mass is 239 g/mol. The molecule has 1 saturated heterocycles. The standard InChI is InChI=1S/C12H17NO4/c1-3-17-11(14)7-6-9(12(15)16-2)10-5-4-8-13-10/h6-7,13H,3-5,8H2,1-2H3/b7-6-,10-9-. The largest absolute Gasteiger partial charge is 0.465 e. The lowest BCUT2D eigenvalue weighted by Gasteiger charge is -2.05. The predicted molar refractivity (Wildman–Crippen MR) is 62.1 cm³/mol. The van der Waals surface area contributed by atoms with E-state index in [-0.39, 0.29) is 0 Å². The summed E-state index contributed by atoms with van der Waals surface area (Å²) >= 11 is 0. The van der Waals surface area contributed by atoms with E-state index in [9.17, 15) is 9.59 Å². The lowest BCUT2D eigenvalue weighted by Crippen LogP contribution is -2.13. The second-order valence-corrected chi connectivity index (χ2v) is 3.50. The fourth-order valence-corrected chi connectivity index (χ4v) is 1.57. The average Bonchev–Trinajstić information content (AvgIpc) is 2.83.